The molecule has 2 amide bonds. The van der Waals surface area contributed by atoms with Crippen LogP contribution in [0.5, 0.6) is 5.75 Å². The molecular weight excluding hydrogens is 837 g/mol. The molecule has 63 heavy (non-hydrogen) atoms. The predicted octanol–water partition coefficient (Wildman–Crippen LogP) is 6.83. The van der Waals surface area contributed by atoms with Gasteiger partial charge in [-0.05, 0) is 111 Å². The van der Waals surface area contributed by atoms with Crippen molar-refractivity contribution in [3.05, 3.63) is 69.0 Å². The number of carbonyl (C=O) groups excluding carboxylic acids is 2. The monoisotopic (exact) mass is 886 g/mol. The molecule has 5 aliphatic rings. The van der Waals surface area contributed by atoms with Crippen molar-refractivity contribution in [2.75, 3.05) is 54.9 Å². The summed E-state index contributed by atoms with van der Waals surface area (Å²) in [6.45, 7) is 5.58. The summed E-state index contributed by atoms with van der Waals surface area (Å²) in [7, 11) is 3.41. The van der Waals surface area contributed by atoms with Crippen LogP contribution in [0.1, 0.15) is 75.0 Å². The number of ether oxygens (including phenoxy) is 1. The van der Waals surface area contributed by atoms with Crippen molar-refractivity contribution in [3.63, 3.8) is 0 Å². The van der Waals surface area contributed by atoms with E-state index < -0.39 is 30.0 Å². The number of nitrogens with one attached hydrogen (secondary N) is 3. The van der Waals surface area contributed by atoms with Crippen LogP contribution in [0.3, 0.4) is 0 Å². The molecule has 0 spiro atoms. The van der Waals surface area contributed by atoms with E-state index in [1.54, 1.807) is 36.1 Å². The van der Waals surface area contributed by atoms with E-state index in [9.17, 15) is 14.4 Å². The molecule has 1 saturated carbocycles. The van der Waals surface area contributed by atoms with E-state index in [2.05, 4.69) is 42.8 Å². The standard InChI is InChI=1S/C45H50ClF3N10O4/c1-23-20-59(15-12-26(23)21-58-13-10-24(11-14-58)29-18-35-31(17-33(29)47)37(55-57(35)3)28-7-9-36(60)52-42(28)61)44-50-19-32(46)41(54-44)51-27-6-8-34-30(16-27)38-39(43(62)56(34)2)63-22-45(48,49)40(53-38)25-4-5-25/h6,8,16-19,23-26,28,40,53H,4-5,7,9-15,20-22H2,1-3H3,(H,50,51,54)(H,52,60,61)/t23-,26+,28?,40-/m0/s1. The molecular formula is C45H50ClF3N10O4. The quantitative estimate of drug-likeness (QED) is 0.141. The van der Waals surface area contributed by atoms with Crippen molar-refractivity contribution < 1.29 is 27.5 Å². The third-order valence-electron chi connectivity index (χ3n) is 14.1. The maximum Gasteiger partial charge on any atom is 0.301 e. The second-order valence-electron chi connectivity index (χ2n) is 18.3. The Balaban J connectivity index is 0.784. The van der Waals surface area contributed by atoms with Crippen LogP contribution in [0.4, 0.5) is 36.3 Å². The zero-order valence-corrected chi connectivity index (χ0v) is 36.2. The fourth-order valence-electron chi connectivity index (χ4n) is 10.3. The van der Waals surface area contributed by atoms with Crippen LogP contribution in [-0.2, 0) is 23.7 Å². The Morgan fingerprint density at radius 2 is 1.78 bits per heavy atom. The fraction of sp³-hybridized carbons (Fsp3) is 0.511. The minimum absolute atomic E-state index is 0.0698. The summed E-state index contributed by atoms with van der Waals surface area (Å²) >= 11 is 6.65. The van der Waals surface area contributed by atoms with Crippen LogP contribution >= 0.6 is 11.6 Å². The van der Waals surface area contributed by atoms with Crippen LogP contribution in [0.2, 0.25) is 5.02 Å². The molecule has 3 aromatic heterocycles. The first-order chi connectivity index (χ1) is 30.2. The van der Waals surface area contributed by atoms with Crippen molar-refractivity contribution in [1.82, 2.24) is 34.5 Å². The average molecular weight is 887 g/mol. The third-order valence-corrected chi connectivity index (χ3v) is 14.3. The number of piperidine rings is 3. The number of hydrogen-bond acceptors (Lipinski definition) is 11. The first kappa shape index (κ1) is 41.6. The molecule has 3 N–H and O–H groups in total. The highest BCUT2D eigenvalue weighted by Crippen LogP contribution is 2.46. The van der Waals surface area contributed by atoms with Crippen LogP contribution in [-0.4, -0.2) is 92.3 Å². The lowest BCUT2D eigenvalue weighted by Crippen LogP contribution is -2.45. The van der Waals surface area contributed by atoms with Gasteiger partial charge in [-0.25, -0.2) is 18.2 Å². The van der Waals surface area contributed by atoms with Gasteiger partial charge in [-0.15, -0.1) is 0 Å². The summed E-state index contributed by atoms with van der Waals surface area (Å²) < 4.78 is 54.8. The van der Waals surface area contributed by atoms with Crippen molar-refractivity contribution >= 4 is 68.4 Å². The van der Waals surface area contributed by atoms with E-state index in [1.807, 2.05) is 13.1 Å². The summed E-state index contributed by atoms with van der Waals surface area (Å²) in [6.07, 6.45) is 6.17. The van der Waals surface area contributed by atoms with Gasteiger partial charge in [0.05, 0.1) is 40.6 Å². The van der Waals surface area contributed by atoms with E-state index in [-0.39, 0.29) is 47.3 Å². The van der Waals surface area contributed by atoms with Crippen LogP contribution < -0.4 is 31.1 Å². The Labute approximate surface area is 366 Å². The molecule has 7 heterocycles. The summed E-state index contributed by atoms with van der Waals surface area (Å²) in [5.41, 5.74) is 2.92. The predicted molar refractivity (Wildman–Crippen MR) is 234 cm³/mol. The number of hydrogen-bond donors (Lipinski definition) is 3. The summed E-state index contributed by atoms with van der Waals surface area (Å²) in [5, 5.41) is 14.8. The molecule has 3 saturated heterocycles. The molecule has 1 unspecified atom stereocenters. The minimum Gasteiger partial charge on any atom is -0.480 e. The smallest absolute Gasteiger partial charge is 0.301 e. The first-order valence-electron chi connectivity index (χ1n) is 21.9. The van der Waals surface area contributed by atoms with E-state index in [0.717, 1.165) is 57.5 Å². The zero-order chi connectivity index (χ0) is 43.9. The van der Waals surface area contributed by atoms with Crippen molar-refractivity contribution in [2.24, 2.45) is 31.8 Å². The van der Waals surface area contributed by atoms with Gasteiger partial charge in [0.2, 0.25) is 23.5 Å². The SMILES string of the molecule is C[C@H]1CN(c2ncc(Cl)c(Nc3ccc4c(c3)c3c(c(=O)n4C)OCC(F)(F)[C@H](C4CC4)N3)n2)CC[C@@H]1CN1CCC(c2cc3c(cc2F)c(C2CCC(=O)NC2=O)nn3C)CC1. The molecule has 18 heteroatoms. The molecule has 4 atom stereocenters. The number of amides is 2. The van der Waals surface area contributed by atoms with E-state index >= 15 is 13.2 Å². The second kappa shape index (κ2) is 16.0. The summed E-state index contributed by atoms with van der Waals surface area (Å²) in [6, 6.07) is 7.63. The topological polar surface area (TPSA) is 152 Å². The van der Waals surface area contributed by atoms with Gasteiger partial charge in [-0.2, -0.15) is 10.1 Å². The second-order valence-corrected chi connectivity index (χ2v) is 18.7. The van der Waals surface area contributed by atoms with Crippen LogP contribution in [0, 0.1) is 23.6 Å². The molecule has 0 bridgehead atoms. The maximum atomic E-state index is 15.8. The number of pyridine rings is 1. The molecule has 2 aromatic carbocycles. The number of likely N-dealkylation sites (tertiary alicyclic amines) is 1. The number of halogens is 4. The number of anilines is 4. The van der Waals surface area contributed by atoms with Crippen LogP contribution in [0.15, 0.2) is 41.3 Å². The van der Waals surface area contributed by atoms with E-state index in [0.29, 0.717) is 81.1 Å². The third kappa shape index (κ3) is 7.74. The van der Waals surface area contributed by atoms with Crippen molar-refractivity contribution in [1.29, 1.82) is 0 Å². The van der Waals surface area contributed by atoms with Crippen LogP contribution in [0.25, 0.3) is 21.8 Å². The molecule has 0 radical (unpaired) electrons. The molecule has 332 valence electrons. The van der Waals surface area contributed by atoms with E-state index in [1.165, 1.54) is 10.6 Å². The van der Waals surface area contributed by atoms with Gasteiger partial charge >= 0.3 is 5.92 Å². The lowest BCUT2D eigenvalue weighted by atomic mass is 9.84. The number of aromatic nitrogens is 5. The average Bonchev–Trinajstić information content (AvgIpc) is 4.07. The van der Waals surface area contributed by atoms with Gasteiger partial charge in [0.15, 0.2) is 12.4 Å². The number of aryl methyl sites for hydroxylation is 2. The van der Waals surface area contributed by atoms with Gasteiger partial charge in [0, 0.05) is 56.6 Å². The van der Waals surface area contributed by atoms with Gasteiger partial charge in [-0.3, -0.25) is 24.4 Å². The number of benzene rings is 2. The molecule has 5 aromatic rings. The molecule has 4 aliphatic heterocycles. The normalized spacial score (nSPS) is 24.5. The number of carbonyl (C=O) groups is 2. The Morgan fingerprint density at radius 1 is 0.984 bits per heavy atom. The molecule has 14 nitrogen and oxygen atoms in total. The Kier molecular flexibility index (Phi) is 10.5. The van der Waals surface area contributed by atoms with Gasteiger partial charge in [0.1, 0.15) is 10.8 Å². The molecule has 4 fully saturated rings. The number of alkyl halides is 2. The molecule has 1 aliphatic carbocycles. The Morgan fingerprint density at radius 3 is 2.52 bits per heavy atom. The molecule has 10 rings (SSSR count). The van der Waals surface area contributed by atoms with Gasteiger partial charge in [-0.1, -0.05) is 18.5 Å². The lowest BCUT2D eigenvalue weighted by molar-refractivity contribution is -0.134. The minimum atomic E-state index is -3.14. The Hall–Kier alpha value is -5.42. The van der Waals surface area contributed by atoms with Crippen molar-refractivity contribution in [3.8, 4) is 5.75 Å². The first-order valence-corrected chi connectivity index (χ1v) is 22.3. The van der Waals surface area contributed by atoms with Gasteiger partial charge < -0.3 is 29.7 Å². The van der Waals surface area contributed by atoms with E-state index in [4.69, 9.17) is 21.3 Å². The zero-order valence-electron chi connectivity index (χ0n) is 35.4. The summed E-state index contributed by atoms with van der Waals surface area (Å²) in [4.78, 5) is 51.7. The van der Waals surface area contributed by atoms with Gasteiger partial charge in [0.25, 0.3) is 5.56 Å². The Bertz CT molecular complexity index is 2720. The number of rotatable bonds is 8. The highest BCUT2D eigenvalue weighted by molar-refractivity contribution is 6.33. The lowest BCUT2D eigenvalue weighted by Gasteiger charge is -2.41. The highest BCUT2D eigenvalue weighted by Gasteiger charge is 2.51. The summed E-state index contributed by atoms with van der Waals surface area (Å²) in [5.74, 6) is -3.18. The number of imide groups is 1. The maximum absolute atomic E-state index is 15.8. The highest BCUT2D eigenvalue weighted by atomic mass is 35.5. The largest absolute Gasteiger partial charge is 0.480 e. The fourth-order valence-corrected chi connectivity index (χ4v) is 10.4. The number of fused-ring (bicyclic) bond motifs is 4. The van der Waals surface area contributed by atoms with Crippen molar-refractivity contribution in [2.45, 2.75) is 75.7 Å². The number of nitrogens with zero attached hydrogens (tertiary/aromatic N) is 7.